The van der Waals surface area contributed by atoms with E-state index >= 15 is 0 Å². The molecule has 20 heavy (non-hydrogen) atoms. The SMILES string of the molecule is Cc1ccccc1C1CN(C)C(=O)c2c(N)cccc21. The highest BCUT2D eigenvalue weighted by Gasteiger charge is 2.32. The van der Waals surface area contributed by atoms with Gasteiger partial charge in [-0.3, -0.25) is 4.79 Å². The Bertz CT molecular complexity index is 678. The van der Waals surface area contributed by atoms with E-state index in [-0.39, 0.29) is 11.8 Å². The fourth-order valence-corrected chi connectivity index (χ4v) is 3.02. The molecule has 1 aliphatic rings. The van der Waals surface area contributed by atoms with Crippen molar-refractivity contribution < 1.29 is 4.79 Å². The summed E-state index contributed by atoms with van der Waals surface area (Å²) in [7, 11) is 1.84. The molecule has 0 aliphatic carbocycles. The second-order valence-electron chi connectivity index (χ2n) is 5.41. The Morgan fingerprint density at radius 3 is 2.55 bits per heavy atom. The topological polar surface area (TPSA) is 46.3 Å². The summed E-state index contributed by atoms with van der Waals surface area (Å²) in [6.45, 7) is 2.80. The van der Waals surface area contributed by atoms with Crippen LogP contribution in [-0.4, -0.2) is 24.4 Å². The summed E-state index contributed by atoms with van der Waals surface area (Å²) in [6.07, 6.45) is 0. The number of likely N-dealkylation sites (N-methyl/N-ethyl adjacent to an activating group) is 1. The molecule has 0 saturated heterocycles. The van der Waals surface area contributed by atoms with Crippen LogP contribution in [0, 0.1) is 6.92 Å². The van der Waals surface area contributed by atoms with E-state index in [0.29, 0.717) is 17.8 Å². The van der Waals surface area contributed by atoms with Crippen molar-refractivity contribution in [2.24, 2.45) is 0 Å². The molecule has 0 bridgehead atoms. The second kappa shape index (κ2) is 4.67. The first-order valence-electron chi connectivity index (χ1n) is 6.79. The van der Waals surface area contributed by atoms with Gasteiger partial charge in [0.2, 0.25) is 0 Å². The summed E-state index contributed by atoms with van der Waals surface area (Å²) in [5.41, 5.74) is 10.8. The van der Waals surface area contributed by atoms with Crippen molar-refractivity contribution >= 4 is 11.6 Å². The summed E-state index contributed by atoms with van der Waals surface area (Å²) in [4.78, 5) is 14.1. The number of nitrogens with two attached hydrogens (primary N) is 1. The van der Waals surface area contributed by atoms with Crippen molar-refractivity contribution in [3.63, 3.8) is 0 Å². The average molecular weight is 266 g/mol. The van der Waals surface area contributed by atoms with Gasteiger partial charge in [0.25, 0.3) is 5.91 Å². The molecule has 0 saturated carbocycles. The molecule has 102 valence electrons. The van der Waals surface area contributed by atoms with Crippen LogP contribution < -0.4 is 5.73 Å². The fraction of sp³-hybridized carbons (Fsp3) is 0.235. The smallest absolute Gasteiger partial charge is 0.256 e. The van der Waals surface area contributed by atoms with Crippen LogP contribution in [0.25, 0.3) is 0 Å². The first-order valence-corrected chi connectivity index (χ1v) is 6.79. The van der Waals surface area contributed by atoms with Crippen LogP contribution >= 0.6 is 0 Å². The maximum Gasteiger partial charge on any atom is 0.256 e. The zero-order chi connectivity index (χ0) is 14.3. The molecule has 0 radical (unpaired) electrons. The predicted molar refractivity (Wildman–Crippen MR) is 80.8 cm³/mol. The van der Waals surface area contributed by atoms with Gasteiger partial charge in [-0.05, 0) is 29.7 Å². The monoisotopic (exact) mass is 266 g/mol. The van der Waals surface area contributed by atoms with E-state index in [1.165, 1.54) is 11.1 Å². The third-order valence-electron chi connectivity index (χ3n) is 4.09. The number of fused-ring (bicyclic) bond motifs is 1. The molecule has 0 aromatic heterocycles. The molecule has 2 N–H and O–H groups in total. The quantitative estimate of drug-likeness (QED) is 0.807. The van der Waals surface area contributed by atoms with Crippen LogP contribution in [0.1, 0.15) is 33.0 Å². The summed E-state index contributed by atoms with van der Waals surface area (Å²) >= 11 is 0. The van der Waals surface area contributed by atoms with Gasteiger partial charge in [-0.2, -0.15) is 0 Å². The highest BCUT2D eigenvalue weighted by atomic mass is 16.2. The number of anilines is 1. The van der Waals surface area contributed by atoms with Gasteiger partial charge in [-0.1, -0.05) is 36.4 Å². The molecule has 1 aliphatic heterocycles. The van der Waals surface area contributed by atoms with Gasteiger partial charge in [-0.15, -0.1) is 0 Å². The summed E-state index contributed by atoms with van der Waals surface area (Å²) < 4.78 is 0. The Kier molecular flexibility index (Phi) is 2.97. The normalized spacial score (nSPS) is 18.0. The Labute approximate surface area is 119 Å². The van der Waals surface area contributed by atoms with Crippen LogP contribution in [0.2, 0.25) is 0 Å². The highest BCUT2D eigenvalue weighted by Crippen LogP contribution is 2.36. The molecule has 2 aromatic rings. The summed E-state index contributed by atoms with van der Waals surface area (Å²) in [6, 6.07) is 14.1. The van der Waals surface area contributed by atoms with Crippen LogP contribution in [0.3, 0.4) is 0 Å². The largest absolute Gasteiger partial charge is 0.398 e. The Morgan fingerprint density at radius 1 is 1.10 bits per heavy atom. The zero-order valence-electron chi connectivity index (χ0n) is 11.8. The zero-order valence-corrected chi connectivity index (χ0v) is 11.8. The van der Waals surface area contributed by atoms with Crippen molar-refractivity contribution in [1.82, 2.24) is 4.90 Å². The number of carbonyl (C=O) groups excluding carboxylic acids is 1. The van der Waals surface area contributed by atoms with Crippen LogP contribution in [0.5, 0.6) is 0 Å². The molecule has 1 atom stereocenters. The maximum absolute atomic E-state index is 12.3. The molecular formula is C17H18N2O. The van der Waals surface area contributed by atoms with Crippen molar-refractivity contribution in [2.75, 3.05) is 19.3 Å². The molecule has 1 amide bonds. The van der Waals surface area contributed by atoms with E-state index in [1.54, 1.807) is 11.0 Å². The van der Waals surface area contributed by atoms with Crippen LogP contribution in [0.4, 0.5) is 5.69 Å². The van der Waals surface area contributed by atoms with Gasteiger partial charge in [0.1, 0.15) is 0 Å². The van der Waals surface area contributed by atoms with E-state index in [1.807, 2.05) is 31.3 Å². The van der Waals surface area contributed by atoms with E-state index < -0.39 is 0 Å². The van der Waals surface area contributed by atoms with Gasteiger partial charge >= 0.3 is 0 Å². The molecule has 1 heterocycles. The summed E-state index contributed by atoms with van der Waals surface area (Å²) in [5.74, 6) is 0.209. The Morgan fingerprint density at radius 2 is 1.80 bits per heavy atom. The predicted octanol–water partition coefficient (Wildman–Crippen LogP) is 2.79. The van der Waals surface area contributed by atoms with Gasteiger partial charge in [0.15, 0.2) is 0 Å². The number of nitrogens with zero attached hydrogens (tertiary/aromatic N) is 1. The lowest BCUT2D eigenvalue weighted by Gasteiger charge is -2.33. The maximum atomic E-state index is 12.3. The highest BCUT2D eigenvalue weighted by molar-refractivity contribution is 6.02. The molecule has 1 unspecified atom stereocenters. The molecule has 2 aromatic carbocycles. The van der Waals surface area contributed by atoms with Gasteiger partial charge < -0.3 is 10.6 Å². The van der Waals surface area contributed by atoms with Crippen molar-refractivity contribution in [1.29, 1.82) is 0 Å². The lowest BCUT2D eigenvalue weighted by Crippen LogP contribution is -2.38. The molecule has 0 fully saturated rings. The van der Waals surface area contributed by atoms with E-state index in [2.05, 4.69) is 19.1 Å². The standard InChI is InChI=1S/C17H18N2O/c1-11-6-3-4-7-12(11)14-10-19(2)17(20)16-13(14)8-5-9-15(16)18/h3-9,14H,10,18H2,1-2H3. The molecule has 0 spiro atoms. The van der Waals surface area contributed by atoms with Crippen molar-refractivity contribution in [2.45, 2.75) is 12.8 Å². The Balaban J connectivity index is 2.21. The van der Waals surface area contributed by atoms with E-state index in [9.17, 15) is 4.79 Å². The first-order chi connectivity index (χ1) is 9.59. The minimum Gasteiger partial charge on any atom is -0.398 e. The molecule has 3 heteroatoms. The van der Waals surface area contributed by atoms with Crippen molar-refractivity contribution in [3.05, 3.63) is 64.7 Å². The fourth-order valence-electron chi connectivity index (χ4n) is 3.02. The number of rotatable bonds is 1. The van der Waals surface area contributed by atoms with Crippen LogP contribution in [-0.2, 0) is 0 Å². The third kappa shape index (κ3) is 1.86. The number of carbonyl (C=O) groups is 1. The van der Waals surface area contributed by atoms with Crippen molar-refractivity contribution in [3.8, 4) is 0 Å². The second-order valence-corrected chi connectivity index (χ2v) is 5.41. The lowest BCUT2D eigenvalue weighted by molar-refractivity contribution is 0.0773. The number of aryl methyl sites for hydroxylation is 1. The van der Waals surface area contributed by atoms with Gasteiger partial charge in [0.05, 0.1) is 5.56 Å². The van der Waals surface area contributed by atoms with E-state index in [0.717, 1.165) is 5.56 Å². The van der Waals surface area contributed by atoms with Gasteiger partial charge in [0, 0.05) is 25.2 Å². The average Bonchev–Trinajstić information content (AvgIpc) is 2.43. The third-order valence-corrected chi connectivity index (χ3v) is 4.09. The van der Waals surface area contributed by atoms with E-state index in [4.69, 9.17) is 5.73 Å². The first kappa shape index (κ1) is 12.7. The number of hydrogen-bond donors (Lipinski definition) is 1. The summed E-state index contributed by atoms with van der Waals surface area (Å²) in [5, 5.41) is 0. The van der Waals surface area contributed by atoms with Crippen LogP contribution in [0.15, 0.2) is 42.5 Å². The molecule has 3 rings (SSSR count). The minimum absolute atomic E-state index is 0.0166. The Hall–Kier alpha value is -2.29. The molecule has 3 nitrogen and oxygen atoms in total. The number of benzene rings is 2. The van der Waals surface area contributed by atoms with Gasteiger partial charge in [-0.25, -0.2) is 0 Å². The number of nitrogen functional groups attached to an aromatic ring is 1. The lowest BCUT2D eigenvalue weighted by atomic mass is 9.82. The molecular weight excluding hydrogens is 248 g/mol. The minimum atomic E-state index is 0.0166. The number of hydrogen-bond acceptors (Lipinski definition) is 2. The number of amides is 1.